The molecule has 1 aromatic carbocycles. The SMILES string of the molecule is COc1cc(OC)c(OC)cc1CN(C)C(C)C(=O)O. The average molecular weight is 283 g/mol. The third-order valence-corrected chi connectivity index (χ3v) is 3.22. The van der Waals surface area contributed by atoms with Gasteiger partial charge in [-0.1, -0.05) is 0 Å². The molecular formula is C14H21NO5. The first-order valence-corrected chi connectivity index (χ1v) is 6.16. The molecular weight excluding hydrogens is 262 g/mol. The second-order valence-electron chi connectivity index (χ2n) is 4.45. The number of methoxy groups -OCH3 is 3. The van der Waals surface area contributed by atoms with Crippen molar-refractivity contribution in [1.82, 2.24) is 4.90 Å². The van der Waals surface area contributed by atoms with Crippen LogP contribution in [0.5, 0.6) is 17.2 Å². The van der Waals surface area contributed by atoms with Crippen LogP contribution < -0.4 is 14.2 Å². The summed E-state index contributed by atoms with van der Waals surface area (Å²) in [7, 11) is 6.41. The van der Waals surface area contributed by atoms with E-state index in [1.807, 2.05) is 0 Å². The first-order valence-electron chi connectivity index (χ1n) is 6.16. The van der Waals surface area contributed by atoms with E-state index >= 15 is 0 Å². The lowest BCUT2D eigenvalue weighted by Gasteiger charge is -2.23. The summed E-state index contributed by atoms with van der Waals surface area (Å²) in [4.78, 5) is 12.7. The molecule has 1 unspecified atom stereocenters. The summed E-state index contributed by atoms with van der Waals surface area (Å²) in [5.74, 6) is 0.917. The third kappa shape index (κ3) is 3.54. The molecule has 0 heterocycles. The van der Waals surface area contributed by atoms with E-state index in [4.69, 9.17) is 19.3 Å². The Morgan fingerprint density at radius 3 is 2.10 bits per heavy atom. The van der Waals surface area contributed by atoms with Crippen molar-refractivity contribution in [2.24, 2.45) is 0 Å². The van der Waals surface area contributed by atoms with E-state index in [1.165, 1.54) is 0 Å². The lowest BCUT2D eigenvalue weighted by molar-refractivity contribution is -0.142. The molecule has 0 fully saturated rings. The molecule has 1 aromatic rings. The highest BCUT2D eigenvalue weighted by molar-refractivity contribution is 5.72. The number of carboxylic acids is 1. The predicted octanol–water partition coefficient (Wildman–Crippen LogP) is 1.62. The molecule has 0 bridgehead atoms. The zero-order valence-corrected chi connectivity index (χ0v) is 12.5. The molecule has 1 rings (SSSR count). The molecule has 0 saturated carbocycles. The molecule has 1 N–H and O–H groups in total. The predicted molar refractivity (Wildman–Crippen MR) is 74.7 cm³/mol. The number of carboxylic acid groups (broad SMARTS) is 1. The van der Waals surface area contributed by atoms with Crippen LogP contribution in [0.1, 0.15) is 12.5 Å². The number of hydrogen-bond donors (Lipinski definition) is 1. The summed E-state index contributed by atoms with van der Waals surface area (Å²) in [5, 5.41) is 9.02. The van der Waals surface area contributed by atoms with E-state index in [0.29, 0.717) is 23.8 Å². The van der Waals surface area contributed by atoms with Gasteiger partial charge in [-0.15, -0.1) is 0 Å². The first-order chi connectivity index (χ1) is 9.44. The lowest BCUT2D eigenvalue weighted by atomic mass is 10.1. The van der Waals surface area contributed by atoms with Crippen LogP contribution in [0, 0.1) is 0 Å². The molecule has 6 heteroatoms. The van der Waals surface area contributed by atoms with Gasteiger partial charge in [-0.05, 0) is 20.0 Å². The number of likely N-dealkylation sites (N-methyl/N-ethyl adjacent to an activating group) is 1. The summed E-state index contributed by atoms with van der Waals surface area (Å²) < 4.78 is 15.8. The van der Waals surface area contributed by atoms with Crippen molar-refractivity contribution >= 4 is 5.97 Å². The Morgan fingerprint density at radius 2 is 1.65 bits per heavy atom. The largest absolute Gasteiger partial charge is 0.496 e. The van der Waals surface area contributed by atoms with Crippen LogP contribution >= 0.6 is 0 Å². The number of carbonyl (C=O) groups is 1. The molecule has 0 spiro atoms. The number of benzene rings is 1. The van der Waals surface area contributed by atoms with Crippen molar-refractivity contribution in [1.29, 1.82) is 0 Å². The number of hydrogen-bond acceptors (Lipinski definition) is 5. The van der Waals surface area contributed by atoms with Gasteiger partial charge in [0.05, 0.1) is 21.3 Å². The maximum Gasteiger partial charge on any atom is 0.320 e. The number of rotatable bonds is 7. The van der Waals surface area contributed by atoms with Gasteiger partial charge >= 0.3 is 5.97 Å². The highest BCUT2D eigenvalue weighted by Crippen LogP contribution is 2.35. The van der Waals surface area contributed by atoms with Crippen molar-refractivity contribution in [2.75, 3.05) is 28.4 Å². The normalized spacial score (nSPS) is 12.1. The maximum atomic E-state index is 11.0. The van der Waals surface area contributed by atoms with Gasteiger partial charge in [-0.3, -0.25) is 9.69 Å². The monoisotopic (exact) mass is 283 g/mol. The van der Waals surface area contributed by atoms with Gasteiger partial charge in [0.25, 0.3) is 0 Å². The molecule has 20 heavy (non-hydrogen) atoms. The molecule has 0 aliphatic rings. The van der Waals surface area contributed by atoms with Crippen LogP contribution in [0.3, 0.4) is 0 Å². The Kier molecular flexibility index (Phi) is 5.64. The Balaban J connectivity index is 3.07. The number of aliphatic carboxylic acids is 1. The first kappa shape index (κ1) is 16.1. The Labute approximate surface area is 118 Å². The molecule has 0 saturated heterocycles. The molecule has 0 aliphatic carbocycles. The van der Waals surface area contributed by atoms with Crippen molar-refractivity contribution in [2.45, 2.75) is 19.5 Å². The smallest absolute Gasteiger partial charge is 0.320 e. The molecule has 0 aromatic heterocycles. The minimum absolute atomic E-state index is 0.428. The van der Waals surface area contributed by atoms with Gasteiger partial charge in [-0.25, -0.2) is 0 Å². The fourth-order valence-corrected chi connectivity index (χ4v) is 1.81. The van der Waals surface area contributed by atoms with Crippen LogP contribution in [0.15, 0.2) is 12.1 Å². The standard InChI is InChI=1S/C14H21NO5/c1-9(14(16)17)15(2)8-10-6-12(19-4)13(20-5)7-11(10)18-3/h6-7,9H,8H2,1-5H3,(H,16,17). The van der Waals surface area contributed by atoms with Crippen molar-refractivity contribution < 1.29 is 24.1 Å². The molecule has 0 amide bonds. The molecule has 0 radical (unpaired) electrons. The van der Waals surface area contributed by atoms with Crippen molar-refractivity contribution in [3.63, 3.8) is 0 Å². The quantitative estimate of drug-likeness (QED) is 0.820. The fourth-order valence-electron chi connectivity index (χ4n) is 1.81. The topological polar surface area (TPSA) is 68.2 Å². The zero-order chi connectivity index (χ0) is 15.3. The average Bonchev–Trinajstić information content (AvgIpc) is 2.45. The van der Waals surface area contributed by atoms with E-state index in [0.717, 1.165) is 5.56 Å². The van der Waals surface area contributed by atoms with Crippen LogP contribution in [0.4, 0.5) is 0 Å². The van der Waals surface area contributed by atoms with Crippen LogP contribution in [0.2, 0.25) is 0 Å². The van der Waals surface area contributed by atoms with E-state index < -0.39 is 12.0 Å². The molecule has 1 atom stereocenters. The van der Waals surface area contributed by atoms with E-state index in [9.17, 15) is 4.79 Å². The summed E-state index contributed by atoms with van der Waals surface area (Å²) >= 11 is 0. The van der Waals surface area contributed by atoms with Crippen LogP contribution in [-0.2, 0) is 11.3 Å². The zero-order valence-electron chi connectivity index (χ0n) is 12.5. The molecule has 6 nitrogen and oxygen atoms in total. The van der Waals surface area contributed by atoms with Crippen LogP contribution in [0.25, 0.3) is 0 Å². The van der Waals surface area contributed by atoms with Gasteiger partial charge in [0.1, 0.15) is 11.8 Å². The fraction of sp³-hybridized carbons (Fsp3) is 0.500. The summed E-state index contributed by atoms with van der Waals surface area (Å²) in [6, 6.07) is 2.93. The van der Waals surface area contributed by atoms with E-state index in [-0.39, 0.29) is 0 Å². The third-order valence-electron chi connectivity index (χ3n) is 3.22. The second-order valence-corrected chi connectivity index (χ2v) is 4.45. The van der Waals surface area contributed by atoms with E-state index in [2.05, 4.69) is 0 Å². The Hall–Kier alpha value is -1.95. The Bertz CT molecular complexity index is 475. The van der Waals surface area contributed by atoms with Gasteiger partial charge in [0.2, 0.25) is 0 Å². The van der Waals surface area contributed by atoms with Gasteiger partial charge in [0.15, 0.2) is 11.5 Å². The van der Waals surface area contributed by atoms with Crippen molar-refractivity contribution in [3.05, 3.63) is 17.7 Å². The molecule has 112 valence electrons. The number of ether oxygens (including phenoxy) is 3. The summed E-state index contributed by atoms with van der Waals surface area (Å²) in [6.07, 6.45) is 0. The summed E-state index contributed by atoms with van der Waals surface area (Å²) in [6.45, 7) is 2.06. The number of nitrogens with zero attached hydrogens (tertiary/aromatic N) is 1. The minimum atomic E-state index is -0.869. The summed E-state index contributed by atoms with van der Waals surface area (Å²) in [5.41, 5.74) is 0.834. The highest BCUT2D eigenvalue weighted by atomic mass is 16.5. The molecule has 0 aliphatic heterocycles. The van der Waals surface area contributed by atoms with Gasteiger partial charge in [0, 0.05) is 18.2 Å². The lowest BCUT2D eigenvalue weighted by Crippen LogP contribution is -2.35. The maximum absolute atomic E-state index is 11.0. The van der Waals surface area contributed by atoms with Gasteiger partial charge in [-0.2, -0.15) is 0 Å². The Morgan fingerprint density at radius 1 is 1.15 bits per heavy atom. The van der Waals surface area contributed by atoms with E-state index in [1.54, 1.807) is 52.3 Å². The van der Waals surface area contributed by atoms with Gasteiger partial charge < -0.3 is 19.3 Å². The minimum Gasteiger partial charge on any atom is -0.496 e. The van der Waals surface area contributed by atoms with Crippen LogP contribution in [-0.4, -0.2) is 50.4 Å². The van der Waals surface area contributed by atoms with Crippen molar-refractivity contribution in [3.8, 4) is 17.2 Å². The second kappa shape index (κ2) is 7.00. The highest BCUT2D eigenvalue weighted by Gasteiger charge is 2.19.